The fourth-order valence-corrected chi connectivity index (χ4v) is 3.00. The third-order valence-electron chi connectivity index (χ3n) is 3.05. The maximum absolute atomic E-state index is 11.9. The molecule has 1 heterocycles. The first-order valence-electron chi connectivity index (χ1n) is 6.67. The van der Waals surface area contributed by atoms with Crippen LogP contribution in [0.25, 0.3) is 0 Å². The fourth-order valence-electron chi connectivity index (χ4n) is 1.91. The van der Waals surface area contributed by atoms with Crippen LogP contribution in [0.5, 0.6) is 0 Å². The largest absolute Gasteiger partial charge is 0.452 e. The molecule has 1 aromatic carbocycles. The van der Waals surface area contributed by atoms with Crippen LogP contribution in [-0.2, 0) is 9.53 Å². The van der Waals surface area contributed by atoms with Gasteiger partial charge >= 0.3 is 5.97 Å². The Morgan fingerprint density at radius 3 is 2.55 bits per heavy atom. The van der Waals surface area contributed by atoms with Gasteiger partial charge in [0.1, 0.15) is 0 Å². The van der Waals surface area contributed by atoms with E-state index in [9.17, 15) is 9.59 Å². The minimum atomic E-state index is -0.487. The van der Waals surface area contributed by atoms with Crippen LogP contribution in [0, 0.1) is 20.8 Å². The van der Waals surface area contributed by atoms with Gasteiger partial charge in [-0.1, -0.05) is 17.7 Å². The molecule has 0 bridgehead atoms. The standard InChI is InChI=1S/C16H16ClNO3S/c1-9-4-5-12(7-14(9)17)18-15(19)8-21-16(20)13-6-10(2)22-11(13)3/h4-7H,8H2,1-3H3,(H,18,19). The second-order valence-electron chi connectivity index (χ2n) is 4.92. The summed E-state index contributed by atoms with van der Waals surface area (Å²) >= 11 is 7.51. The van der Waals surface area contributed by atoms with E-state index in [1.807, 2.05) is 20.8 Å². The third-order valence-corrected chi connectivity index (χ3v) is 4.42. The summed E-state index contributed by atoms with van der Waals surface area (Å²) in [4.78, 5) is 25.6. The Morgan fingerprint density at radius 2 is 1.95 bits per heavy atom. The number of anilines is 1. The number of aryl methyl sites for hydroxylation is 3. The van der Waals surface area contributed by atoms with Gasteiger partial charge in [-0.25, -0.2) is 4.79 Å². The van der Waals surface area contributed by atoms with Gasteiger partial charge in [-0.2, -0.15) is 0 Å². The molecule has 1 amide bonds. The summed E-state index contributed by atoms with van der Waals surface area (Å²) < 4.78 is 5.03. The Kier molecular flexibility index (Phi) is 5.21. The molecule has 0 atom stereocenters. The van der Waals surface area contributed by atoms with Crippen LogP contribution < -0.4 is 5.32 Å². The lowest BCUT2D eigenvalue weighted by molar-refractivity contribution is -0.119. The first-order valence-corrected chi connectivity index (χ1v) is 7.86. The predicted molar refractivity (Wildman–Crippen MR) is 88.9 cm³/mol. The summed E-state index contributed by atoms with van der Waals surface area (Å²) in [5.74, 6) is -0.892. The van der Waals surface area contributed by atoms with E-state index in [2.05, 4.69) is 5.32 Å². The molecule has 6 heteroatoms. The van der Waals surface area contributed by atoms with Crippen LogP contribution in [0.1, 0.15) is 25.7 Å². The highest BCUT2D eigenvalue weighted by molar-refractivity contribution is 7.12. The number of esters is 1. The van der Waals surface area contributed by atoms with Crippen LogP contribution in [0.3, 0.4) is 0 Å². The van der Waals surface area contributed by atoms with E-state index in [0.29, 0.717) is 16.3 Å². The van der Waals surface area contributed by atoms with E-state index in [4.69, 9.17) is 16.3 Å². The molecule has 0 fully saturated rings. The molecule has 1 N–H and O–H groups in total. The van der Waals surface area contributed by atoms with E-state index in [-0.39, 0.29) is 6.61 Å². The van der Waals surface area contributed by atoms with E-state index in [0.717, 1.165) is 15.3 Å². The van der Waals surface area contributed by atoms with Crippen molar-refractivity contribution in [3.8, 4) is 0 Å². The molecule has 0 spiro atoms. The lowest BCUT2D eigenvalue weighted by Crippen LogP contribution is -2.21. The molecule has 0 aliphatic carbocycles. The van der Waals surface area contributed by atoms with Crippen molar-refractivity contribution in [2.75, 3.05) is 11.9 Å². The first kappa shape index (κ1) is 16.5. The normalized spacial score (nSPS) is 10.4. The van der Waals surface area contributed by atoms with Gasteiger partial charge in [-0.3, -0.25) is 4.79 Å². The highest BCUT2D eigenvalue weighted by Gasteiger charge is 2.15. The lowest BCUT2D eigenvalue weighted by atomic mass is 10.2. The average molecular weight is 338 g/mol. The Morgan fingerprint density at radius 1 is 1.23 bits per heavy atom. The molecule has 0 radical (unpaired) electrons. The van der Waals surface area contributed by atoms with Crippen LogP contribution >= 0.6 is 22.9 Å². The summed E-state index contributed by atoms with van der Waals surface area (Å²) in [5, 5.41) is 3.21. The Hall–Kier alpha value is -1.85. The van der Waals surface area contributed by atoms with Gasteiger partial charge in [-0.15, -0.1) is 11.3 Å². The molecule has 0 saturated heterocycles. The van der Waals surface area contributed by atoms with Crippen molar-refractivity contribution < 1.29 is 14.3 Å². The third kappa shape index (κ3) is 4.08. The van der Waals surface area contributed by atoms with E-state index < -0.39 is 11.9 Å². The molecule has 4 nitrogen and oxygen atoms in total. The number of nitrogens with one attached hydrogen (secondary N) is 1. The number of carbonyl (C=O) groups excluding carboxylic acids is 2. The van der Waals surface area contributed by atoms with Crippen LogP contribution in [-0.4, -0.2) is 18.5 Å². The van der Waals surface area contributed by atoms with Gasteiger partial charge in [-0.05, 0) is 44.5 Å². The highest BCUT2D eigenvalue weighted by atomic mass is 35.5. The second-order valence-corrected chi connectivity index (χ2v) is 6.78. The maximum Gasteiger partial charge on any atom is 0.339 e. The molecular weight excluding hydrogens is 322 g/mol. The molecule has 0 aliphatic heterocycles. The molecular formula is C16H16ClNO3S. The van der Waals surface area contributed by atoms with Crippen LogP contribution in [0.15, 0.2) is 24.3 Å². The topological polar surface area (TPSA) is 55.4 Å². The van der Waals surface area contributed by atoms with E-state index in [1.54, 1.807) is 24.3 Å². The quantitative estimate of drug-likeness (QED) is 0.854. The smallest absolute Gasteiger partial charge is 0.339 e. The molecule has 0 unspecified atom stereocenters. The summed E-state index contributed by atoms with van der Waals surface area (Å²) in [5.41, 5.74) is 2.00. The SMILES string of the molecule is Cc1cc(C(=O)OCC(=O)Nc2ccc(C)c(Cl)c2)c(C)s1. The van der Waals surface area contributed by atoms with Gasteiger partial charge in [0.25, 0.3) is 5.91 Å². The summed E-state index contributed by atoms with van der Waals surface area (Å²) in [7, 11) is 0. The fraction of sp³-hybridized carbons (Fsp3) is 0.250. The van der Waals surface area contributed by atoms with E-state index in [1.165, 1.54) is 11.3 Å². The number of thiophene rings is 1. The van der Waals surface area contributed by atoms with Crippen molar-refractivity contribution >= 4 is 40.5 Å². The first-order chi connectivity index (χ1) is 10.4. The molecule has 1 aromatic heterocycles. The predicted octanol–water partition coefficient (Wildman–Crippen LogP) is 4.12. The van der Waals surface area contributed by atoms with Gasteiger partial charge in [0.05, 0.1) is 5.56 Å². The zero-order valence-corrected chi connectivity index (χ0v) is 14.1. The molecule has 116 valence electrons. The number of amides is 1. The Balaban J connectivity index is 1.91. The molecule has 0 aliphatic rings. The highest BCUT2D eigenvalue weighted by Crippen LogP contribution is 2.22. The number of benzene rings is 1. The van der Waals surface area contributed by atoms with Crippen molar-refractivity contribution in [2.45, 2.75) is 20.8 Å². The van der Waals surface area contributed by atoms with Crippen molar-refractivity contribution in [3.05, 3.63) is 50.2 Å². The molecule has 2 rings (SSSR count). The zero-order chi connectivity index (χ0) is 16.3. The van der Waals surface area contributed by atoms with Crippen molar-refractivity contribution in [1.29, 1.82) is 0 Å². The number of halogens is 1. The number of hydrogen-bond donors (Lipinski definition) is 1. The van der Waals surface area contributed by atoms with Gasteiger partial charge in [0.2, 0.25) is 0 Å². The number of carbonyl (C=O) groups is 2. The maximum atomic E-state index is 11.9. The average Bonchev–Trinajstić information content (AvgIpc) is 2.79. The second kappa shape index (κ2) is 6.94. The summed E-state index contributed by atoms with van der Waals surface area (Å²) in [6.07, 6.45) is 0. The van der Waals surface area contributed by atoms with Crippen molar-refractivity contribution in [2.24, 2.45) is 0 Å². The summed E-state index contributed by atoms with van der Waals surface area (Å²) in [6.45, 7) is 5.31. The van der Waals surface area contributed by atoms with Crippen molar-refractivity contribution in [3.63, 3.8) is 0 Å². The monoisotopic (exact) mass is 337 g/mol. The molecule has 2 aromatic rings. The lowest BCUT2D eigenvalue weighted by Gasteiger charge is -2.07. The van der Waals surface area contributed by atoms with Crippen molar-refractivity contribution in [1.82, 2.24) is 0 Å². The van der Waals surface area contributed by atoms with Crippen LogP contribution in [0.4, 0.5) is 5.69 Å². The van der Waals surface area contributed by atoms with Gasteiger partial charge in [0, 0.05) is 20.5 Å². The molecule has 0 saturated carbocycles. The molecule has 22 heavy (non-hydrogen) atoms. The summed E-state index contributed by atoms with van der Waals surface area (Å²) in [6, 6.07) is 6.97. The van der Waals surface area contributed by atoms with Gasteiger partial charge < -0.3 is 10.1 Å². The minimum Gasteiger partial charge on any atom is -0.452 e. The number of rotatable bonds is 4. The Labute approximate surface area is 138 Å². The van der Waals surface area contributed by atoms with Crippen LogP contribution in [0.2, 0.25) is 5.02 Å². The minimum absolute atomic E-state index is 0.335. The van der Waals surface area contributed by atoms with E-state index >= 15 is 0 Å². The number of hydrogen-bond acceptors (Lipinski definition) is 4. The zero-order valence-electron chi connectivity index (χ0n) is 12.5. The number of ether oxygens (including phenoxy) is 1. The van der Waals surface area contributed by atoms with Gasteiger partial charge in [0.15, 0.2) is 6.61 Å². The Bertz CT molecular complexity index is 724.